The number of nitrogen functional groups attached to an aromatic ring is 1. The molecule has 0 atom stereocenters. The Hall–Kier alpha value is -1.71. The minimum atomic E-state index is 0.698. The third-order valence-electron chi connectivity index (χ3n) is 1.94. The lowest BCUT2D eigenvalue weighted by molar-refractivity contribution is 0.558. The van der Waals surface area contributed by atoms with E-state index in [2.05, 4.69) is 5.10 Å². The zero-order valence-electron chi connectivity index (χ0n) is 7.18. The summed E-state index contributed by atoms with van der Waals surface area (Å²) in [5.74, 6) is 0.698. The van der Waals surface area contributed by atoms with E-state index in [9.17, 15) is 0 Å². The molecule has 2 aromatic heterocycles. The molecule has 4 nitrogen and oxygen atoms in total. The monoisotopic (exact) mass is 177 g/mol. The number of furan rings is 1. The van der Waals surface area contributed by atoms with Gasteiger partial charge in [0, 0.05) is 6.54 Å². The lowest BCUT2D eigenvalue weighted by atomic mass is 10.2. The number of nitrogens with zero attached hydrogens (tertiary/aromatic N) is 2. The van der Waals surface area contributed by atoms with Crippen molar-refractivity contribution < 1.29 is 4.42 Å². The Balaban J connectivity index is 1.97. The minimum Gasteiger partial charge on any atom is -0.472 e. The standard InChI is InChI=1S/C9H11N3O/c10-9-1-4-11-12(9)5-2-8-3-6-13-7-8/h1,3-4,6-7H,2,5,10H2. The van der Waals surface area contributed by atoms with Crippen LogP contribution in [0.1, 0.15) is 5.56 Å². The van der Waals surface area contributed by atoms with Gasteiger partial charge in [0.05, 0.1) is 18.7 Å². The van der Waals surface area contributed by atoms with Gasteiger partial charge in [0.25, 0.3) is 0 Å². The zero-order valence-corrected chi connectivity index (χ0v) is 7.18. The number of anilines is 1. The van der Waals surface area contributed by atoms with Crippen LogP contribution in [0.3, 0.4) is 0 Å². The molecule has 0 saturated heterocycles. The van der Waals surface area contributed by atoms with Crippen LogP contribution in [0.15, 0.2) is 35.3 Å². The maximum atomic E-state index is 5.66. The van der Waals surface area contributed by atoms with Crippen LogP contribution < -0.4 is 5.73 Å². The van der Waals surface area contributed by atoms with Gasteiger partial charge in [-0.25, -0.2) is 4.68 Å². The van der Waals surface area contributed by atoms with Gasteiger partial charge < -0.3 is 10.2 Å². The first-order valence-corrected chi connectivity index (χ1v) is 4.14. The van der Waals surface area contributed by atoms with Crippen molar-refractivity contribution in [1.29, 1.82) is 0 Å². The van der Waals surface area contributed by atoms with E-state index < -0.39 is 0 Å². The lowest BCUT2D eigenvalue weighted by Crippen LogP contribution is -2.06. The Labute approximate surface area is 76.0 Å². The van der Waals surface area contributed by atoms with Gasteiger partial charge >= 0.3 is 0 Å². The molecule has 0 aliphatic heterocycles. The number of aromatic nitrogens is 2. The fourth-order valence-electron chi connectivity index (χ4n) is 1.20. The molecule has 68 valence electrons. The first-order chi connectivity index (χ1) is 6.36. The molecule has 2 N–H and O–H groups in total. The first-order valence-electron chi connectivity index (χ1n) is 4.14. The van der Waals surface area contributed by atoms with Crippen molar-refractivity contribution in [3.8, 4) is 0 Å². The van der Waals surface area contributed by atoms with E-state index in [1.807, 2.05) is 6.07 Å². The van der Waals surface area contributed by atoms with Crippen LogP contribution in [-0.2, 0) is 13.0 Å². The summed E-state index contributed by atoms with van der Waals surface area (Å²) >= 11 is 0. The van der Waals surface area contributed by atoms with E-state index in [1.165, 1.54) is 0 Å². The van der Waals surface area contributed by atoms with Crippen LogP contribution in [0.5, 0.6) is 0 Å². The van der Waals surface area contributed by atoms with Gasteiger partial charge in [0.15, 0.2) is 0 Å². The van der Waals surface area contributed by atoms with Gasteiger partial charge in [-0.05, 0) is 24.1 Å². The van der Waals surface area contributed by atoms with Gasteiger partial charge in [-0.3, -0.25) is 0 Å². The SMILES string of the molecule is Nc1ccnn1CCc1ccoc1. The van der Waals surface area contributed by atoms with Gasteiger partial charge in [-0.2, -0.15) is 5.10 Å². The van der Waals surface area contributed by atoms with Crippen molar-refractivity contribution in [2.45, 2.75) is 13.0 Å². The molecule has 2 rings (SSSR count). The predicted molar refractivity (Wildman–Crippen MR) is 49.1 cm³/mol. The summed E-state index contributed by atoms with van der Waals surface area (Å²) in [7, 11) is 0. The molecule has 2 heterocycles. The molecule has 0 radical (unpaired) electrons. The van der Waals surface area contributed by atoms with Gasteiger partial charge in [-0.1, -0.05) is 0 Å². The van der Waals surface area contributed by atoms with Crippen LogP contribution >= 0.6 is 0 Å². The van der Waals surface area contributed by atoms with Crippen LogP contribution in [0.25, 0.3) is 0 Å². The highest BCUT2D eigenvalue weighted by molar-refractivity contribution is 5.25. The van der Waals surface area contributed by atoms with Crippen LogP contribution in [-0.4, -0.2) is 9.78 Å². The zero-order chi connectivity index (χ0) is 9.10. The Bertz CT molecular complexity index is 364. The predicted octanol–water partition coefficient (Wildman–Crippen LogP) is 1.30. The molecule has 0 saturated carbocycles. The van der Waals surface area contributed by atoms with Crippen molar-refractivity contribution in [2.75, 3.05) is 5.73 Å². The van der Waals surface area contributed by atoms with Crippen LogP contribution in [0, 0.1) is 0 Å². The summed E-state index contributed by atoms with van der Waals surface area (Å²) in [5.41, 5.74) is 6.82. The Morgan fingerprint density at radius 2 is 2.38 bits per heavy atom. The molecule has 4 heteroatoms. The first kappa shape index (κ1) is 7.91. The largest absolute Gasteiger partial charge is 0.472 e. The van der Waals surface area contributed by atoms with Crippen molar-refractivity contribution in [3.63, 3.8) is 0 Å². The smallest absolute Gasteiger partial charge is 0.121 e. The maximum Gasteiger partial charge on any atom is 0.121 e. The topological polar surface area (TPSA) is 57.0 Å². The van der Waals surface area contributed by atoms with Crippen molar-refractivity contribution in [1.82, 2.24) is 9.78 Å². The molecule has 13 heavy (non-hydrogen) atoms. The van der Waals surface area contributed by atoms with E-state index >= 15 is 0 Å². The lowest BCUT2D eigenvalue weighted by Gasteiger charge is -2.01. The van der Waals surface area contributed by atoms with Gasteiger partial charge in [-0.15, -0.1) is 0 Å². The highest BCUT2D eigenvalue weighted by Crippen LogP contribution is 2.05. The minimum absolute atomic E-state index is 0.698. The number of aryl methyl sites for hydroxylation is 2. The molecule has 0 bridgehead atoms. The van der Waals surface area contributed by atoms with Crippen LogP contribution in [0.4, 0.5) is 5.82 Å². The van der Waals surface area contributed by atoms with Gasteiger partial charge in [0.1, 0.15) is 5.82 Å². The third kappa shape index (κ3) is 1.72. The fraction of sp³-hybridized carbons (Fsp3) is 0.222. The number of nitrogens with two attached hydrogens (primary N) is 1. The highest BCUT2D eigenvalue weighted by atomic mass is 16.3. The number of hydrogen-bond donors (Lipinski definition) is 1. The van der Waals surface area contributed by atoms with Crippen molar-refractivity contribution >= 4 is 5.82 Å². The fourth-order valence-corrected chi connectivity index (χ4v) is 1.20. The van der Waals surface area contributed by atoms with Crippen molar-refractivity contribution in [2.24, 2.45) is 0 Å². The Morgan fingerprint density at radius 3 is 3.00 bits per heavy atom. The second kappa shape index (κ2) is 3.35. The summed E-state index contributed by atoms with van der Waals surface area (Å²) in [5, 5.41) is 4.08. The molecule has 0 aliphatic carbocycles. The summed E-state index contributed by atoms with van der Waals surface area (Å²) in [6, 6.07) is 3.73. The van der Waals surface area contributed by atoms with E-state index in [-0.39, 0.29) is 0 Å². The number of hydrogen-bond acceptors (Lipinski definition) is 3. The molecular weight excluding hydrogens is 166 g/mol. The number of rotatable bonds is 3. The maximum absolute atomic E-state index is 5.66. The highest BCUT2D eigenvalue weighted by Gasteiger charge is 1.98. The molecule has 0 amide bonds. The Kier molecular flexibility index (Phi) is 2.04. The second-order valence-corrected chi connectivity index (χ2v) is 2.86. The molecule has 0 aromatic carbocycles. The van der Waals surface area contributed by atoms with E-state index in [0.29, 0.717) is 5.82 Å². The van der Waals surface area contributed by atoms with Gasteiger partial charge in [0.2, 0.25) is 0 Å². The molecular formula is C9H11N3O. The molecule has 2 aromatic rings. The molecule has 0 spiro atoms. The quantitative estimate of drug-likeness (QED) is 0.768. The molecule has 0 aliphatic rings. The Morgan fingerprint density at radius 1 is 1.46 bits per heavy atom. The molecule has 0 fully saturated rings. The third-order valence-corrected chi connectivity index (χ3v) is 1.94. The van der Waals surface area contributed by atoms with E-state index in [0.717, 1.165) is 18.5 Å². The second-order valence-electron chi connectivity index (χ2n) is 2.86. The summed E-state index contributed by atoms with van der Waals surface area (Å²) in [6.07, 6.45) is 5.99. The molecule has 0 unspecified atom stereocenters. The average Bonchev–Trinajstić information content (AvgIpc) is 2.72. The van der Waals surface area contributed by atoms with Crippen LogP contribution in [0.2, 0.25) is 0 Å². The van der Waals surface area contributed by atoms with Crippen molar-refractivity contribution in [3.05, 3.63) is 36.4 Å². The van der Waals surface area contributed by atoms with E-state index in [1.54, 1.807) is 29.5 Å². The summed E-state index contributed by atoms with van der Waals surface area (Å²) < 4.78 is 6.72. The van der Waals surface area contributed by atoms with E-state index in [4.69, 9.17) is 10.2 Å². The summed E-state index contributed by atoms with van der Waals surface area (Å²) in [4.78, 5) is 0. The normalized spacial score (nSPS) is 10.5. The summed E-state index contributed by atoms with van der Waals surface area (Å²) in [6.45, 7) is 0.790. The average molecular weight is 177 g/mol.